The largest absolute Gasteiger partial charge is 0.490 e. The van der Waals surface area contributed by atoms with Gasteiger partial charge in [-0.3, -0.25) is 9.69 Å². The number of alkyl halides is 3. The van der Waals surface area contributed by atoms with Crippen LogP contribution in [0.2, 0.25) is 0 Å². The minimum Gasteiger partial charge on any atom is -0.477 e. The Labute approximate surface area is 149 Å². The summed E-state index contributed by atoms with van der Waals surface area (Å²) in [6.07, 6.45) is -5.18. The van der Waals surface area contributed by atoms with Gasteiger partial charge in [0.25, 0.3) is 0 Å². The summed E-state index contributed by atoms with van der Waals surface area (Å²) in [5.74, 6) is -3.94. The third-order valence-corrected chi connectivity index (χ3v) is 4.34. The van der Waals surface area contributed by atoms with Gasteiger partial charge in [0.1, 0.15) is 18.3 Å². The Kier molecular flexibility index (Phi) is 5.63. The van der Waals surface area contributed by atoms with Crippen molar-refractivity contribution >= 4 is 23.9 Å². The zero-order valence-corrected chi connectivity index (χ0v) is 13.9. The summed E-state index contributed by atoms with van der Waals surface area (Å²) in [6.45, 7) is 0.562. The molecule has 150 valence electrons. The Balaban J connectivity index is 0.000000321. The van der Waals surface area contributed by atoms with Gasteiger partial charge < -0.3 is 25.6 Å². The van der Waals surface area contributed by atoms with Crippen LogP contribution in [0.3, 0.4) is 0 Å². The molecule has 0 aromatic heterocycles. The lowest BCUT2D eigenvalue weighted by molar-refractivity contribution is -0.192. The molecule has 3 aliphatic heterocycles. The molecule has 2 fully saturated rings. The quantitative estimate of drug-likeness (QED) is 0.469. The number of carboxylic acids is 2. The Morgan fingerprint density at radius 3 is 2.41 bits per heavy atom. The maximum absolute atomic E-state index is 12.0. The Hall–Kier alpha value is -2.83. The van der Waals surface area contributed by atoms with Gasteiger partial charge in [0.2, 0.25) is 5.91 Å². The number of hydrogen-bond donors (Lipinski definition) is 4. The molecule has 0 aromatic rings. The van der Waals surface area contributed by atoms with Gasteiger partial charge in [0.05, 0.1) is 6.04 Å². The lowest BCUT2D eigenvalue weighted by Gasteiger charge is -2.48. The van der Waals surface area contributed by atoms with Gasteiger partial charge in [-0.25, -0.2) is 14.4 Å². The Bertz CT molecular complexity index is 707. The molecule has 3 heterocycles. The molecular weight excluding hydrogens is 379 g/mol. The zero-order chi connectivity index (χ0) is 20.5. The Morgan fingerprint density at radius 1 is 1.33 bits per heavy atom. The number of hydrogen-bond acceptors (Lipinski definition) is 6. The summed E-state index contributed by atoms with van der Waals surface area (Å²) in [5.41, 5.74) is 0.456. The van der Waals surface area contributed by atoms with Crippen LogP contribution in [0.15, 0.2) is 11.3 Å². The van der Waals surface area contributed by atoms with Gasteiger partial charge in [0, 0.05) is 13.6 Å². The van der Waals surface area contributed by atoms with Crippen molar-refractivity contribution in [3.05, 3.63) is 11.3 Å². The number of aliphatic carboxylic acids is 2. The highest BCUT2D eigenvalue weighted by Crippen LogP contribution is 2.43. The molecule has 2 amide bonds. The SMILES string of the molecule is CNC(=O)OCC1=C(C(=O)O)N2C(=O)[C@H]3NC[C@@H](C1)[C@H]32.O=C(O)C(F)(F)F. The highest BCUT2D eigenvalue weighted by atomic mass is 19.4. The van der Waals surface area contributed by atoms with E-state index in [0.717, 1.165) is 0 Å². The van der Waals surface area contributed by atoms with Crippen molar-refractivity contribution in [2.45, 2.75) is 24.7 Å². The molecule has 3 rings (SSSR count). The number of halogens is 3. The van der Waals surface area contributed by atoms with E-state index in [4.69, 9.17) is 14.6 Å². The van der Waals surface area contributed by atoms with Crippen molar-refractivity contribution in [3.63, 3.8) is 0 Å². The third-order valence-electron chi connectivity index (χ3n) is 4.34. The lowest BCUT2D eigenvalue weighted by Crippen LogP contribution is -2.68. The van der Waals surface area contributed by atoms with Crippen molar-refractivity contribution in [3.8, 4) is 0 Å². The van der Waals surface area contributed by atoms with Crippen molar-refractivity contribution in [1.82, 2.24) is 15.5 Å². The van der Waals surface area contributed by atoms with Gasteiger partial charge in [0.15, 0.2) is 0 Å². The molecule has 2 saturated heterocycles. The summed E-state index contributed by atoms with van der Waals surface area (Å²) in [6, 6.07) is -0.326. The first-order valence-corrected chi connectivity index (χ1v) is 7.65. The number of alkyl carbamates (subject to hydrolysis) is 1. The maximum atomic E-state index is 12.0. The summed E-state index contributed by atoms with van der Waals surface area (Å²) in [7, 11) is 1.43. The van der Waals surface area contributed by atoms with E-state index in [1.54, 1.807) is 0 Å². The van der Waals surface area contributed by atoms with Crippen LogP contribution in [0.1, 0.15) is 6.42 Å². The molecule has 0 bridgehead atoms. The molecule has 0 spiro atoms. The second-order valence-corrected chi connectivity index (χ2v) is 5.94. The van der Waals surface area contributed by atoms with Crippen LogP contribution in [0.4, 0.5) is 18.0 Å². The van der Waals surface area contributed by atoms with Gasteiger partial charge in [-0.05, 0) is 17.9 Å². The molecule has 0 radical (unpaired) electrons. The third kappa shape index (κ3) is 3.97. The van der Waals surface area contributed by atoms with Crippen molar-refractivity contribution in [2.75, 3.05) is 20.2 Å². The minimum absolute atomic E-state index is 0.0277. The molecule has 10 nitrogen and oxygen atoms in total. The topological polar surface area (TPSA) is 145 Å². The van der Waals surface area contributed by atoms with Crippen LogP contribution in [0, 0.1) is 5.92 Å². The molecule has 3 aliphatic rings. The standard InChI is InChI=1S/C12H15N3O5.C2HF3O2/c1-13-12(19)20-4-6-2-5-3-14-7-8(5)15(10(7)16)9(6)11(17)18;3-2(4,5)1(6)7/h5,7-8,14H,2-4H2,1H3,(H,13,19)(H,17,18);(H,6,7)/t5-,7+,8-;/m1./s1. The number of amides is 2. The number of β-lactam (4-membered cyclic amide) rings is 1. The molecule has 0 saturated carbocycles. The second-order valence-electron chi connectivity index (χ2n) is 5.94. The van der Waals surface area contributed by atoms with E-state index in [0.29, 0.717) is 18.5 Å². The lowest BCUT2D eigenvalue weighted by atomic mass is 9.79. The maximum Gasteiger partial charge on any atom is 0.490 e. The monoisotopic (exact) mass is 395 g/mol. The molecular formula is C14H16F3N3O7. The smallest absolute Gasteiger partial charge is 0.477 e. The van der Waals surface area contributed by atoms with Crippen LogP contribution >= 0.6 is 0 Å². The van der Waals surface area contributed by atoms with Crippen LogP contribution in [-0.2, 0) is 19.1 Å². The van der Waals surface area contributed by atoms with Gasteiger partial charge in [-0.1, -0.05) is 0 Å². The first-order valence-electron chi connectivity index (χ1n) is 7.65. The molecule has 0 aliphatic carbocycles. The number of carbonyl (C=O) groups is 4. The molecule has 27 heavy (non-hydrogen) atoms. The summed E-state index contributed by atoms with van der Waals surface area (Å²) in [4.78, 5) is 44.7. The molecule has 3 atom stereocenters. The molecule has 0 unspecified atom stereocenters. The minimum atomic E-state index is -5.08. The highest BCUT2D eigenvalue weighted by Gasteiger charge is 2.59. The van der Waals surface area contributed by atoms with Crippen molar-refractivity contribution in [1.29, 1.82) is 0 Å². The van der Waals surface area contributed by atoms with E-state index in [-0.39, 0.29) is 36.2 Å². The summed E-state index contributed by atoms with van der Waals surface area (Å²) >= 11 is 0. The highest BCUT2D eigenvalue weighted by molar-refractivity contribution is 6.00. The van der Waals surface area contributed by atoms with E-state index < -0.39 is 24.2 Å². The van der Waals surface area contributed by atoms with Crippen LogP contribution in [0.5, 0.6) is 0 Å². The number of carbonyl (C=O) groups excluding carboxylic acids is 2. The molecule has 0 aromatic carbocycles. The van der Waals surface area contributed by atoms with Crippen molar-refractivity contribution < 1.29 is 47.3 Å². The average Bonchev–Trinajstić information content (AvgIpc) is 2.98. The number of nitrogens with one attached hydrogen (secondary N) is 2. The van der Waals surface area contributed by atoms with E-state index in [2.05, 4.69) is 10.6 Å². The van der Waals surface area contributed by atoms with Gasteiger partial charge in [-0.15, -0.1) is 0 Å². The average molecular weight is 395 g/mol. The predicted octanol–water partition coefficient (Wildman–Crippen LogP) is -0.483. The van der Waals surface area contributed by atoms with Gasteiger partial charge in [-0.2, -0.15) is 13.2 Å². The summed E-state index contributed by atoms with van der Waals surface area (Å²) < 4.78 is 36.7. The second kappa shape index (κ2) is 7.42. The van der Waals surface area contributed by atoms with Gasteiger partial charge >= 0.3 is 24.2 Å². The molecule has 4 N–H and O–H groups in total. The van der Waals surface area contributed by atoms with Crippen LogP contribution < -0.4 is 10.6 Å². The summed E-state index contributed by atoms with van der Waals surface area (Å²) in [5, 5.41) is 21.9. The number of rotatable bonds is 3. The van der Waals surface area contributed by atoms with E-state index in [1.807, 2.05) is 0 Å². The Morgan fingerprint density at radius 2 is 1.93 bits per heavy atom. The van der Waals surface area contributed by atoms with E-state index in [9.17, 15) is 32.7 Å². The van der Waals surface area contributed by atoms with Crippen molar-refractivity contribution in [2.24, 2.45) is 5.92 Å². The van der Waals surface area contributed by atoms with Crippen LogP contribution in [-0.4, -0.2) is 77.5 Å². The fourth-order valence-electron chi connectivity index (χ4n) is 3.24. The van der Waals surface area contributed by atoms with Crippen LogP contribution in [0.25, 0.3) is 0 Å². The predicted molar refractivity (Wildman–Crippen MR) is 79.3 cm³/mol. The zero-order valence-electron chi connectivity index (χ0n) is 13.9. The van der Waals surface area contributed by atoms with E-state index in [1.165, 1.54) is 11.9 Å². The fourth-order valence-corrected chi connectivity index (χ4v) is 3.24. The normalized spacial score (nSPS) is 25.7. The number of ether oxygens (including phenoxy) is 1. The first kappa shape index (κ1) is 20.5. The number of nitrogens with zero attached hydrogens (tertiary/aromatic N) is 1. The van der Waals surface area contributed by atoms with E-state index >= 15 is 0 Å². The fraction of sp³-hybridized carbons (Fsp3) is 0.571. The number of carboxylic acid groups (broad SMARTS) is 2. The molecule has 13 heteroatoms. The first-order chi connectivity index (χ1) is 12.5.